The van der Waals surface area contributed by atoms with Crippen molar-refractivity contribution in [1.29, 1.82) is 0 Å². The minimum absolute atomic E-state index is 0.111. The highest BCUT2D eigenvalue weighted by atomic mass is 19.2. The molecule has 0 aliphatic heterocycles. The number of aromatic nitrogens is 1. The summed E-state index contributed by atoms with van der Waals surface area (Å²) in [4.78, 5) is 2.49. The second-order valence-corrected chi connectivity index (χ2v) is 4.23. The fourth-order valence-electron chi connectivity index (χ4n) is 1.91. The Morgan fingerprint density at radius 1 is 1.18 bits per heavy atom. The van der Waals surface area contributed by atoms with Gasteiger partial charge in [0.1, 0.15) is 5.69 Å². The Morgan fingerprint density at radius 3 is 2.29 bits per heavy atom. The van der Waals surface area contributed by atoms with Crippen molar-refractivity contribution >= 4 is 5.69 Å². The van der Waals surface area contributed by atoms with Crippen molar-refractivity contribution in [3.8, 4) is 0 Å². The average Bonchev–Trinajstić information content (AvgIpc) is 3.01. The van der Waals surface area contributed by atoms with Crippen LogP contribution in [0.3, 0.4) is 0 Å². The Labute approximate surface area is 96.0 Å². The maximum atomic E-state index is 13.2. The van der Waals surface area contributed by atoms with Crippen molar-refractivity contribution < 1.29 is 17.6 Å². The van der Waals surface area contributed by atoms with Crippen LogP contribution in [0, 0.1) is 29.4 Å². The van der Waals surface area contributed by atoms with E-state index in [1.807, 2.05) is 6.92 Å². The van der Waals surface area contributed by atoms with E-state index in [1.54, 1.807) is 0 Å². The van der Waals surface area contributed by atoms with Crippen LogP contribution in [0.1, 0.15) is 26.2 Å². The molecule has 94 valence electrons. The SMILES string of the molecule is CCCC1CC1Nc1c(F)c(F)nc(F)c1F. The maximum Gasteiger partial charge on any atom is 0.253 e. The van der Waals surface area contributed by atoms with Gasteiger partial charge in [0.25, 0.3) is 11.9 Å². The Balaban J connectivity index is 2.16. The lowest BCUT2D eigenvalue weighted by Crippen LogP contribution is -2.12. The number of anilines is 1. The molecule has 0 bridgehead atoms. The second-order valence-electron chi connectivity index (χ2n) is 4.23. The van der Waals surface area contributed by atoms with Crippen molar-refractivity contribution in [1.82, 2.24) is 4.98 Å². The number of nitrogens with one attached hydrogen (secondary N) is 1. The molecule has 0 saturated heterocycles. The highest BCUT2D eigenvalue weighted by Crippen LogP contribution is 2.38. The number of rotatable bonds is 4. The summed E-state index contributed by atoms with van der Waals surface area (Å²) in [6.07, 6.45) is 2.65. The molecule has 2 unspecified atom stereocenters. The standard InChI is InChI=1S/C11H12F4N2/c1-2-3-5-4-6(5)16-9-7(12)10(14)17-11(15)8(9)13/h5-6H,2-4H2,1H3,(H,16,17). The fourth-order valence-corrected chi connectivity index (χ4v) is 1.91. The predicted molar refractivity (Wildman–Crippen MR) is 54.5 cm³/mol. The Bertz CT molecular complexity index is 410. The summed E-state index contributed by atoms with van der Waals surface area (Å²) in [6.45, 7) is 2.00. The van der Waals surface area contributed by atoms with E-state index in [1.165, 1.54) is 0 Å². The number of halogens is 4. The van der Waals surface area contributed by atoms with Crippen LogP contribution in [-0.2, 0) is 0 Å². The molecule has 17 heavy (non-hydrogen) atoms. The Kier molecular flexibility index (Phi) is 3.22. The quantitative estimate of drug-likeness (QED) is 0.653. The van der Waals surface area contributed by atoms with Gasteiger partial charge in [-0.25, -0.2) is 0 Å². The molecule has 0 aromatic carbocycles. The summed E-state index contributed by atoms with van der Waals surface area (Å²) in [5, 5.41) is 2.50. The molecule has 2 rings (SSSR count). The van der Waals surface area contributed by atoms with Crippen LogP contribution in [-0.4, -0.2) is 11.0 Å². The van der Waals surface area contributed by atoms with Crippen LogP contribution in [0.5, 0.6) is 0 Å². The van der Waals surface area contributed by atoms with Crippen molar-refractivity contribution in [2.45, 2.75) is 32.2 Å². The third-order valence-corrected chi connectivity index (χ3v) is 2.91. The van der Waals surface area contributed by atoms with Crippen molar-refractivity contribution in [3.63, 3.8) is 0 Å². The van der Waals surface area contributed by atoms with Crippen LogP contribution in [0.15, 0.2) is 0 Å². The zero-order valence-electron chi connectivity index (χ0n) is 9.24. The number of hydrogen-bond donors (Lipinski definition) is 1. The van der Waals surface area contributed by atoms with Crippen molar-refractivity contribution in [3.05, 3.63) is 23.5 Å². The molecule has 0 amide bonds. The minimum Gasteiger partial charge on any atom is -0.377 e. The van der Waals surface area contributed by atoms with Crippen LogP contribution < -0.4 is 5.32 Å². The van der Waals surface area contributed by atoms with E-state index in [0.717, 1.165) is 19.3 Å². The van der Waals surface area contributed by atoms with Crippen molar-refractivity contribution in [2.24, 2.45) is 5.92 Å². The first-order valence-corrected chi connectivity index (χ1v) is 5.51. The van der Waals surface area contributed by atoms with Gasteiger partial charge in [-0.05, 0) is 18.8 Å². The van der Waals surface area contributed by atoms with Crippen LogP contribution >= 0.6 is 0 Å². The van der Waals surface area contributed by atoms with Crippen LogP contribution in [0.25, 0.3) is 0 Å². The molecule has 0 radical (unpaired) electrons. The number of pyridine rings is 1. The predicted octanol–water partition coefficient (Wildman–Crippen LogP) is 3.24. The van der Waals surface area contributed by atoms with E-state index in [0.29, 0.717) is 5.92 Å². The number of nitrogens with zero attached hydrogens (tertiary/aromatic N) is 1. The Hall–Kier alpha value is -1.33. The molecular formula is C11H12F4N2. The minimum atomic E-state index is -1.63. The van der Waals surface area contributed by atoms with Crippen LogP contribution in [0.4, 0.5) is 23.2 Å². The second kappa shape index (κ2) is 4.50. The third-order valence-electron chi connectivity index (χ3n) is 2.91. The molecule has 1 saturated carbocycles. The highest BCUT2D eigenvalue weighted by molar-refractivity contribution is 5.47. The molecule has 1 fully saturated rings. The van der Waals surface area contributed by atoms with E-state index in [-0.39, 0.29) is 6.04 Å². The lowest BCUT2D eigenvalue weighted by atomic mass is 10.2. The zero-order valence-corrected chi connectivity index (χ0v) is 9.24. The molecule has 1 aromatic heterocycles. The van der Waals surface area contributed by atoms with Crippen molar-refractivity contribution in [2.75, 3.05) is 5.32 Å². The molecule has 1 heterocycles. The monoisotopic (exact) mass is 248 g/mol. The van der Waals surface area contributed by atoms with Gasteiger partial charge < -0.3 is 5.32 Å². The van der Waals surface area contributed by atoms with E-state index >= 15 is 0 Å². The molecular weight excluding hydrogens is 236 g/mol. The zero-order chi connectivity index (χ0) is 12.6. The molecule has 1 aliphatic carbocycles. The smallest absolute Gasteiger partial charge is 0.253 e. The van der Waals surface area contributed by atoms with E-state index < -0.39 is 29.2 Å². The first-order chi connectivity index (χ1) is 8.04. The van der Waals surface area contributed by atoms with Gasteiger partial charge in [-0.1, -0.05) is 13.3 Å². The lowest BCUT2D eigenvalue weighted by Gasteiger charge is -2.08. The molecule has 2 nitrogen and oxygen atoms in total. The number of hydrogen-bond acceptors (Lipinski definition) is 2. The van der Waals surface area contributed by atoms with Gasteiger partial charge in [-0.15, -0.1) is 0 Å². The summed E-state index contributed by atoms with van der Waals surface area (Å²) >= 11 is 0. The van der Waals surface area contributed by atoms with E-state index in [4.69, 9.17) is 0 Å². The summed E-state index contributed by atoms with van der Waals surface area (Å²) < 4.78 is 52.1. The summed E-state index contributed by atoms with van der Waals surface area (Å²) in [5.41, 5.74) is -0.751. The van der Waals surface area contributed by atoms with Gasteiger partial charge in [0.05, 0.1) is 0 Å². The molecule has 1 aromatic rings. The summed E-state index contributed by atoms with van der Waals surface area (Å²) in [7, 11) is 0. The Morgan fingerprint density at radius 2 is 1.76 bits per heavy atom. The molecule has 1 aliphatic rings. The largest absolute Gasteiger partial charge is 0.377 e. The lowest BCUT2D eigenvalue weighted by molar-refractivity contribution is 0.410. The van der Waals surface area contributed by atoms with Crippen LogP contribution in [0.2, 0.25) is 0 Å². The highest BCUT2D eigenvalue weighted by Gasteiger charge is 2.37. The van der Waals surface area contributed by atoms with Gasteiger partial charge >= 0.3 is 0 Å². The topological polar surface area (TPSA) is 24.9 Å². The first-order valence-electron chi connectivity index (χ1n) is 5.51. The van der Waals surface area contributed by atoms with Gasteiger partial charge in [0, 0.05) is 6.04 Å². The average molecular weight is 248 g/mol. The molecule has 2 atom stereocenters. The van der Waals surface area contributed by atoms with E-state index in [2.05, 4.69) is 10.3 Å². The molecule has 6 heteroatoms. The summed E-state index contributed by atoms with van der Waals surface area (Å²) in [5.74, 6) is -5.87. The third kappa shape index (κ3) is 2.35. The maximum absolute atomic E-state index is 13.2. The molecule has 1 N–H and O–H groups in total. The van der Waals surface area contributed by atoms with Gasteiger partial charge in [0.15, 0.2) is 0 Å². The van der Waals surface area contributed by atoms with Gasteiger partial charge in [-0.2, -0.15) is 22.5 Å². The fraction of sp³-hybridized carbons (Fsp3) is 0.545. The molecule has 0 spiro atoms. The first kappa shape index (κ1) is 12.1. The van der Waals surface area contributed by atoms with E-state index in [9.17, 15) is 17.6 Å². The van der Waals surface area contributed by atoms with Gasteiger partial charge in [0.2, 0.25) is 11.6 Å². The normalized spacial score (nSPS) is 22.6. The van der Waals surface area contributed by atoms with Gasteiger partial charge in [-0.3, -0.25) is 0 Å². The summed E-state index contributed by atoms with van der Waals surface area (Å²) in [6, 6.07) is -0.111.